The van der Waals surface area contributed by atoms with E-state index in [2.05, 4.69) is 36.4 Å². The number of aromatic nitrogens is 2. The van der Waals surface area contributed by atoms with E-state index in [1.807, 2.05) is 0 Å². The fourth-order valence-corrected chi connectivity index (χ4v) is 3.03. The highest BCUT2D eigenvalue weighted by atomic mass is 127. The molecule has 1 fully saturated rings. The van der Waals surface area contributed by atoms with Gasteiger partial charge in [-0.25, -0.2) is 4.98 Å². The lowest BCUT2D eigenvalue weighted by Crippen LogP contribution is -2.52. The second kappa shape index (κ2) is 10.1. The van der Waals surface area contributed by atoms with Crippen LogP contribution < -0.4 is 10.2 Å². The Bertz CT molecular complexity index is 461. The highest BCUT2D eigenvalue weighted by Crippen LogP contribution is 2.19. The number of hydrogen-bond acceptors (Lipinski definition) is 5. The fraction of sp³-hybridized carbons (Fsp3) is 0.769. The maximum atomic E-state index is 12.1. The van der Waals surface area contributed by atoms with Crippen LogP contribution in [0.4, 0.5) is 9.52 Å². The Balaban J connectivity index is 0.00000242. The molecular formula is C13H24FIN6S. The van der Waals surface area contributed by atoms with Crippen LogP contribution in [-0.4, -0.2) is 66.7 Å². The number of guanidine groups is 1. The minimum atomic E-state index is -0.297. The Morgan fingerprint density at radius 1 is 1.36 bits per heavy atom. The molecule has 1 aliphatic heterocycles. The summed E-state index contributed by atoms with van der Waals surface area (Å²) in [4.78, 5) is 13.3. The zero-order valence-electron chi connectivity index (χ0n) is 13.1. The summed E-state index contributed by atoms with van der Waals surface area (Å²) in [7, 11) is 1.77. The summed E-state index contributed by atoms with van der Waals surface area (Å²) in [6.07, 6.45) is 1.39. The number of rotatable bonds is 5. The Morgan fingerprint density at radius 2 is 2.09 bits per heavy atom. The van der Waals surface area contributed by atoms with Crippen molar-refractivity contribution in [1.82, 2.24) is 19.6 Å². The Kier molecular flexibility index (Phi) is 8.91. The first-order chi connectivity index (χ1) is 10.3. The molecule has 0 aromatic carbocycles. The minimum absolute atomic E-state index is 0. The molecule has 1 aromatic heterocycles. The van der Waals surface area contributed by atoms with Gasteiger partial charge in [-0.1, -0.05) is 6.92 Å². The molecule has 0 bridgehead atoms. The van der Waals surface area contributed by atoms with Gasteiger partial charge in [0.2, 0.25) is 5.13 Å². The molecule has 0 atom stereocenters. The van der Waals surface area contributed by atoms with Crippen LogP contribution in [0.15, 0.2) is 4.99 Å². The van der Waals surface area contributed by atoms with Crippen molar-refractivity contribution in [3.05, 3.63) is 5.82 Å². The van der Waals surface area contributed by atoms with Crippen molar-refractivity contribution < 1.29 is 4.39 Å². The highest BCUT2D eigenvalue weighted by molar-refractivity contribution is 14.0. The van der Waals surface area contributed by atoms with Gasteiger partial charge < -0.3 is 15.1 Å². The molecule has 1 aromatic rings. The molecule has 1 aliphatic rings. The topological polar surface area (TPSA) is 56.7 Å². The van der Waals surface area contributed by atoms with E-state index in [4.69, 9.17) is 0 Å². The standard InChI is InChI=1S/C13H23FN6S.HI/c1-3-11-17-13(21-18-11)20-9-7-19(8-10-20)12(15-2)16-6-4-5-14;/h3-10H2,1-2H3,(H,15,16);1H. The van der Waals surface area contributed by atoms with Crippen LogP contribution in [0.5, 0.6) is 0 Å². The third-order valence-electron chi connectivity index (χ3n) is 3.43. The molecule has 0 unspecified atom stereocenters. The lowest BCUT2D eigenvalue weighted by molar-refractivity contribution is 0.370. The average Bonchev–Trinajstić information content (AvgIpc) is 3.01. The zero-order valence-corrected chi connectivity index (χ0v) is 16.2. The fourth-order valence-electron chi connectivity index (χ4n) is 2.23. The van der Waals surface area contributed by atoms with Gasteiger partial charge in [-0.05, 0) is 6.42 Å². The van der Waals surface area contributed by atoms with E-state index in [0.717, 1.165) is 49.5 Å². The number of nitrogens with zero attached hydrogens (tertiary/aromatic N) is 5. The summed E-state index contributed by atoms with van der Waals surface area (Å²) in [6, 6.07) is 0. The maximum absolute atomic E-state index is 12.1. The van der Waals surface area contributed by atoms with Gasteiger partial charge in [-0.15, -0.1) is 24.0 Å². The summed E-state index contributed by atoms with van der Waals surface area (Å²) in [5, 5.41) is 4.21. The van der Waals surface area contributed by atoms with Crippen molar-refractivity contribution in [1.29, 1.82) is 0 Å². The second-order valence-corrected chi connectivity index (χ2v) is 5.57. The molecule has 1 N–H and O–H groups in total. The average molecular weight is 442 g/mol. The molecule has 0 amide bonds. The van der Waals surface area contributed by atoms with Gasteiger partial charge in [-0.3, -0.25) is 9.38 Å². The predicted molar refractivity (Wildman–Crippen MR) is 100 cm³/mol. The second-order valence-electron chi connectivity index (χ2n) is 4.84. The molecule has 6 nitrogen and oxygen atoms in total. The predicted octanol–water partition coefficient (Wildman–Crippen LogP) is 1.78. The minimum Gasteiger partial charge on any atom is -0.356 e. The number of aliphatic imine (C=N–C) groups is 1. The van der Waals surface area contributed by atoms with Crippen molar-refractivity contribution >= 4 is 46.6 Å². The largest absolute Gasteiger partial charge is 0.356 e. The van der Waals surface area contributed by atoms with Crippen LogP contribution in [0.25, 0.3) is 0 Å². The number of halogens is 2. The van der Waals surface area contributed by atoms with E-state index < -0.39 is 0 Å². The summed E-state index contributed by atoms with van der Waals surface area (Å²) in [5.41, 5.74) is 0. The Morgan fingerprint density at radius 3 is 2.64 bits per heavy atom. The number of aryl methyl sites for hydroxylation is 1. The van der Waals surface area contributed by atoms with E-state index >= 15 is 0 Å². The molecule has 0 spiro atoms. The normalized spacial score (nSPS) is 15.7. The first-order valence-corrected chi connectivity index (χ1v) is 8.15. The van der Waals surface area contributed by atoms with Gasteiger partial charge in [0.25, 0.3) is 0 Å². The van der Waals surface area contributed by atoms with Gasteiger partial charge in [0.05, 0.1) is 6.67 Å². The number of hydrogen-bond donors (Lipinski definition) is 1. The van der Waals surface area contributed by atoms with Crippen molar-refractivity contribution in [3.8, 4) is 0 Å². The van der Waals surface area contributed by atoms with Gasteiger partial charge in [0, 0.05) is 57.7 Å². The number of piperazine rings is 1. The molecule has 2 rings (SSSR count). The van der Waals surface area contributed by atoms with Gasteiger partial charge in [0.1, 0.15) is 5.82 Å². The monoisotopic (exact) mass is 442 g/mol. The van der Waals surface area contributed by atoms with Crippen LogP contribution in [0, 0.1) is 0 Å². The van der Waals surface area contributed by atoms with Crippen molar-refractivity contribution in [2.75, 3.05) is 51.3 Å². The summed E-state index contributed by atoms with van der Waals surface area (Å²) in [6.45, 7) is 5.97. The Labute approximate surface area is 152 Å². The number of anilines is 1. The molecule has 0 aliphatic carbocycles. The van der Waals surface area contributed by atoms with Gasteiger partial charge in [-0.2, -0.15) is 4.37 Å². The molecule has 22 heavy (non-hydrogen) atoms. The van der Waals surface area contributed by atoms with Crippen LogP contribution in [-0.2, 0) is 6.42 Å². The molecule has 126 valence electrons. The molecular weight excluding hydrogens is 418 g/mol. The van der Waals surface area contributed by atoms with E-state index in [1.165, 1.54) is 11.5 Å². The van der Waals surface area contributed by atoms with E-state index in [9.17, 15) is 4.39 Å². The molecule has 2 heterocycles. The van der Waals surface area contributed by atoms with Gasteiger partial charge in [0.15, 0.2) is 5.96 Å². The van der Waals surface area contributed by atoms with Gasteiger partial charge >= 0.3 is 0 Å². The molecule has 1 saturated heterocycles. The summed E-state index contributed by atoms with van der Waals surface area (Å²) in [5.74, 6) is 1.77. The first kappa shape index (κ1) is 19.3. The third-order valence-corrected chi connectivity index (χ3v) is 4.24. The molecule has 0 radical (unpaired) electrons. The number of nitrogens with one attached hydrogen (secondary N) is 1. The van der Waals surface area contributed by atoms with Crippen molar-refractivity contribution in [2.24, 2.45) is 4.99 Å². The van der Waals surface area contributed by atoms with Crippen LogP contribution in [0.3, 0.4) is 0 Å². The van der Waals surface area contributed by atoms with Crippen LogP contribution in [0.1, 0.15) is 19.2 Å². The van der Waals surface area contributed by atoms with Crippen molar-refractivity contribution in [2.45, 2.75) is 19.8 Å². The van der Waals surface area contributed by atoms with Crippen LogP contribution >= 0.6 is 35.5 Å². The Hall–Kier alpha value is -0.710. The SMILES string of the molecule is CCc1nsc(N2CCN(C(=NC)NCCCF)CC2)n1.I. The first-order valence-electron chi connectivity index (χ1n) is 7.37. The van der Waals surface area contributed by atoms with E-state index in [0.29, 0.717) is 13.0 Å². The zero-order chi connectivity index (χ0) is 15.1. The van der Waals surface area contributed by atoms with Crippen LogP contribution in [0.2, 0.25) is 0 Å². The summed E-state index contributed by atoms with van der Waals surface area (Å²) >= 11 is 1.47. The van der Waals surface area contributed by atoms with Crippen molar-refractivity contribution in [3.63, 3.8) is 0 Å². The lowest BCUT2D eigenvalue weighted by atomic mass is 10.3. The van der Waals surface area contributed by atoms with E-state index in [-0.39, 0.29) is 30.7 Å². The smallest absolute Gasteiger partial charge is 0.205 e. The third kappa shape index (κ3) is 5.18. The summed E-state index contributed by atoms with van der Waals surface area (Å²) < 4.78 is 16.5. The molecule has 0 saturated carbocycles. The molecule has 9 heteroatoms. The quantitative estimate of drug-likeness (QED) is 0.326. The highest BCUT2D eigenvalue weighted by Gasteiger charge is 2.21. The lowest BCUT2D eigenvalue weighted by Gasteiger charge is -2.36. The van der Waals surface area contributed by atoms with E-state index in [1.54, 1.807) is 7.05 Å². The number of alkyl halides is 1. The maximum Gasteiger partial charge on any atom is 0.205 e.